The number of benzene rings is 2. The Morgan fingerprint density at radius 2 is 2.03 bits per heavy atom. The smallest absolute Gasteiger partial charge is 0.242 e. The van der Waals surface area contributed by atoms with Crippen LogP contribution in [0.3, 0.4) is 0 Å². The lowest BCUT2D eigenvalue weighted by Crippen LogP contribution is -2.28. The molecule has 31 heavy (non-hydrogen) atoms. The van der Waals surface area contributed by atoms with Crippen molar-refractivity contribution in [3.63, 3.8) is 0 Å². The fourth-order valence-electron chi connectivity index (χ4n) is 3.12. The van der Waals surface area contributed by atoms with E-state index in [-0.39, 0.29) is 29.6 Å². The molecule has 0 radical (unpaired) electrons. The number of thiazole rings is 1. The average Bonchev–Trinajstić information content (AvgIpc) is 3.31. The largest absolute Gasteiger partial charge is 0.369 e. The third kappa shape index (κ3) is 4.97. The summed E-state index contributed by atoms with van der Waals surface area (Å²) in [6.07, 6.45) is 0.0933. The molecule has 2 aromatic carbocycles. The molecule has 3 aromatic rings. The summed E-state index contributed by atoms with van der Waals surface area (Å²) in [6.45, 7) is 0.243. The molecule has 0 spiro atoms. The van der Waals surface area contributed by atoms with E-state index >= 15 is 0 Å². The van der Waals surface area contributed by atoms with E-state index < -0.39 is 27.7 Å². The second kappa shape index (κ2) is 8.44. The zero-order chi connectivity index (χ0) is 22.2. The van der Waals surface area contributed by atoms with Gasteiger partial charge in [-0.15, -0.1) is 11.3 Å². The zero-order valence-corrected chi connectivity index (χ0v) is 18.4. The maximum absolute atomic E-state index is 13.0. The Bertz CT molecular complexity index is 1260. The van der Waals surface area contributed by atoms with Crippen molar-refractivity contribution in [2.45, 2.75) is 10.8 Å². The highest BCUT2D eigenvalue weighted by Gasteiger charge is 2.34. The number of carbonyl (C=O) groups excluding carboxylic acids is 2. The Morgan fingerprint density at radius 3 is 2.71 bits per heavy atom. The van der Waals surface area contributed by atoms with E-state index in [1.807, 2.05) is 0 Å². The molecule has 8 nitrogen and oxygen atoms in total. The number of primary amides is 1. The summed E-state index contributed by atoms with van der Waals surface area (Å²) in [5.41, 5.74) is 6.92. The van der Waals surface area contributed by atoms with E-state index in [1.165, 1.54) is 40.5 Å². The van der Waals surface area contributed by atoms with Gasteiger partial charge in [-0.1, -0.05) is 11.8 Å². The van der Waals surface area contributed by atoms with Crippen LogP contribution in [0.15, 0.2) is 46.8 Å². The highest BCUT2D eigenvalue weighted by molar-refractivity contribution is 8.13. The molecule has 1 saturated heterocycles. The minimum Gasteiger partial charge on any atom is -0.369 e. The summed E-state index contributed by atoms with van der Waals surface area (Å²) in [7, 11) is -3.67. The van der Waals surface area contributed by atoms with Gasteiger partial charge in [0.15, 0.2) is 4.34 Å². The van der Waals surface area contributed by atoms with E-state index in [4.69, 9.17) is 5.73 Å². The number of nitrogens with one attached hydrogen (secondary N) is 1. The minimum absolute atomic E-state index is 0.0933. The molecule has 4 rings (SSSR count). The van der Waals surface area contributed by atoms with Gasteiger partial charge in [0, 0.05) is 24.3 Å². The normalized spacial score (nSPS) is 16.7. The van der Waals surface area contributed by atoms with Crippen LogP contribution in [0.2, 0.25) is 0 Å². The van der Waals surface area contributed by atoms with E-state index in [0.29, 0.717) is 15.5 Å². The number of rotatable bonds is 7. The molecule has 1 aromatic heterocycles. The fourth-order valence-corrected chi connectivity index (χ4v) is 6.71. The van der Waals surface area contributed by atoms with Crippen LogP contribution in [0.25, 0.3) is 10.2 Å². The predicted octanol–water partition coefficient (Wildman–Crippen LogP) is 2.77. The number of anilines is 2. The first-order valence-corrected chi connectivity index (χ1v) is 12.5. The van der Waals surface area contributed by atoms with Crippen molar-refractivity contribution < 1.29 is 22.4 Å². The molecule has 0 bridgehead atoms. The lowest BCUT2D eigenvalue weighted by Gasteiger charge is -2.16. The van der Waals surface area contributed by atoms with Gasteiger partial charge >= 0.3 is 0 Å². The SMILES string of the molecule is NC(=O)C1CC(=O)N(c2ccc3nc(SCS(=O)(=O)Nc4ccc(F)cc4)sc3c2)C1. The molecular weight excluding hydrogens is 463 g/mol. The van der Waals surface area contributed by atoms with E-state index in [0.717, 1.165) is 16.5 Å². The number of nitrogens with two attached hydrogens (primary N) is 1. The fraction of sp³-hybridized carbons (Fsp3) is 0.211. The predicted molar refractivity (Wildman–Crippen MR) is 119 cm³/mol. The standard InChI is InChI=1S/C19H17FN4O4S3/c20-12-1-3-13(4-2-12)23-31(27,28)10-29-19-22-15-6-5-14(8-16(15)30-19)24-9-11(18(21)26)7-17(24)25/h1-6,8,11,23H,7,9-10H2,(H2,21,26). The van der Waals surface area contributed by atoms with Gasteiger partial charge in [0.25, 0.3) is 0 Å². The van der Waals surface area contributed by atoms with Crippen LogP contribution in [-0.4, -0.2) is 36.8 Å². The average molecular weight is 481 g/mol. The van der Waals surface area contributed by atoms with Crippen molar-refractivity contribution in [1.82, 2.24) is 4.98 Å². The molecular formula is C19H17FN4O4S3. The van der Waals surface area contributed by atoms with Gasteiger partial charge in [0.2, 0.25) is 21.8 Å². The van der Waals surface area contributed by atoms with Crippen LogP contribution < -0.4 is 15.4 Å². The zero-order valence-electron chi connectivity index (χ0n) is 15.9. The van der Waals surface area contributed by atoms with Gasteiger partial charge in [-0.05, 0) is 42.5 Å². The summed E-state index contributed by atoms with van der Waals surface area (Å²) >= 11 is 2.37. The molecule has 1 aliphatic heterocycles. The second-order valence-corrected chi connectivity index (χ2v) is 11.3. The van der Waals surface area contributed by atoms with Crippen molar-refractivity contribution in [3.8, 4) is 0 Å². The summed E-state index contributed by atoms with van der Waals surface area (Å²) in [5.74, 6) is -1.62. The highest BCUT2D eigenvalue weighted by Crippen LogP contribution is 2.34. The number of nitrogens with zero attached hydrogens (tertiary/aromatic N) is 2. The molecule has 1 unspecified atom stereocenters. The summed E-state index contributed by atoms with van der Waals surface area (Å²) in [6, 6.07) is 10.3. The second-order valence-electron chi connectivity index (χ2n) is 6.93. The van der Waals surface area contributed by atoms with Gasteiger partial charge in [-0.25, -0.2) is 17.8 Å². The van der Waals surface area contributed by atoms with Crippen molar-refractivity contribution in [2.75, 3.05) is 21.3 Å². The number of fused-ring (bicyclic) bond motifs is 1. The van der Waals surface area contributed by atoms with E-state index in [2.05, 4.69) is 9.71 Å². The molecule has 2 amide bonds. The van der Waals surface area contributed by atoms with Crippen molar-refractivity contribution >= 4 is 66.5 Å². The molecule has 3 N–H and O–H groups in total. The number of thioether (sulfide) groups is 1. The summed E-state index contributed by atoms with van der Waals surface area (Å²) in [4.78, 5) is 29.6. The van der Waals surface area contributed by atoms with Crippen molar-refractivity contribution in [3.05, 3.63) is 48.3 Å². The van der Waals surface area contributed by atoms with Gasteiger partial charge < -0.3 is 10.6 Å². The molecule has 1 aliphatic rings. The Labute approximate surface area is 185 Å². The van der Waals surface area contributed by atoms with Gasteiger partial charge in [-0.3, -0.25) is 14.3 Å². The maximum Gasteiger partial charge on any atom is 0.242 e. The lowest BCUT2D eigenvalue weighted by atomic mass is 10.1. The molecule has 0 aliphatic carbocycles. The number of sulfonamides is 1. The maximum atomic E-state index is 13.0. The minimum atomic E-state index is -3.67. The number of hydrogen-bond acceptors (Lipinski definition) is 7. The van der Waals surface area contributed by atoms with Crippen LogP contribution in [0, 0.1) is 11.7 Å². The van der Waals surface area contributed by atoms with Crippen LogP contribution in [0.5, 0.6) is 0 Å². The molecule has 1 fully saturated rings. The van der Waals surface area contributed by atoms with Crippen molar-refractivity contribution in [1.29, 1.82) is 0 Å². The van der Waals surface area contributed by atoms with Gasteiger partial charge in [0.05, 0.1) is 16.1 Å². The molecule has 1 atom stereocenters. The topological polar surface area (TPSA) is 122 Å². The Kier molecular flexibility index (Phi) is 5.86. The number of amides is 2. The Hall–Kier alpha value is -2.70. The van der Waals surface area contributed by atoms with E-state index in [9.17, 15) is 22.4 Å². The first-order chi connectivity index (χ1) is 14.7. The molecule has 0 saturated carbocycles. The number of carbonyl (C=O) groups is 2. The van der Waals surface area contributed by atoms with Gasteiger partial charge in [0.1, 0.15) is 10.9 Å². The molecule has 12 heteroatoms. The third-order valence-corrected chi connectivity index (χ3v) is 8.66. The molecule has 162 valence electrons. The van der Waals surface area contributed by atoms with Crippen LogP contribution in [-0.2, 0) is 19.6 Å². The molecule has 2 heterocycles. The third-order valence-electron chi connectivity index (χ3n) is 4.65. The first-order valence-electron chi connectivity index (χ1n) is 9.09. The van der Waals surface area contributed by atoms with Crippen LogP contribution >= 0.6 is 23.1 Å². The number of hydrogen-bond donors (Lipinski definition) is 2. The Balaban J connectivity index is 1.45. The van der Waals surface area contributed by atoms with Crippen LogP contribution in [0.4, 0.5) is 15.8 Å². The quantitative estimate of drug-likeness (QED) is 0.502. The number of aromatic nitrogens is 1. The summed E-state index contributed by atoms with van der Waals surface area (Å²) in [5, 5.41) is -0.262. The lowest BCUT2D eigenvalue weighted by molar-refractivity contribution is -0.123. The Morgan fingerprint density at radius 1 is 1.29 bits per heavy atom. The van der Waals surface area contributed by atoms with Crippen molar-refractivity contribution in [2.24, 2.45) is 11.7 Å². The van der Waals surface area contributed by atoms with Crippen LogP contribution in [0.1, 0.15) is 6.42 Å². The first kappa shape index (κ1) is 21.5. The van der Waals surface area contributed by atoms with E-state index in [1.54, 1.807) is 18.2 Å². The monoisotopic (exact) mass is 480 g/mol. The van der Waals surface area contributed by atoms with Gasteiger partial charge in [-0.2, -0.15) is 0 Å². The highest BCUT2D eigenvalue weighted by atomic mass is 32.3. The summed E-state index contributed by atoms with van der Waals surface area (Å²) < 4.78 is 41.3. The number of halogens is 1.